The Bertz CT molecular complexity index is 724. The summed E-state index contributed by atoms with van der Waals surface area (Å²) in [7, 11) is 0. The second kappa shape index (κ2) is 9.61. The molecule has 0 saturated carbocycles. The molecule has 0 aromatic carbocycles. The summed E-state index contributed by atoms with van der Waals surface area (Å²) < 4.78 is 5.21. The third-order valence-corrected chi connectivity index (χ3v) is 4.30. The van der Waals surface area contributed by atoms with Crippen LogP contribution >= 0.6 is 0 Å². The number of anilines is 1. The Balaban J connectivity index is 1.50. The molecule has 0 unspecified atom stereocenters. The van der Waals surface area contributed by atoms with E-state index < -0.39 is 0 Å². The van der Waals surface area contributed by atoms with Gasteiger partial charge in [0, 0.05) is 38.9 Å². The van der Waals surface area contributed by atoms with E-state index in [9.17, 15) is 4.79 Å². The second-order valence-corrected chi connectivity index (χ2v) is 6.19. The smallest absolute Gasteiger partial charge is 0.242 e. The van der Waals surface area contributed by atoms with Crippen molar-refractivity contribution in [1.82, 2.24) is 20.5 Å². The number of nitrogens with one attached hydrogen (secondary N) is 2. The largest absolute Gasteiger partial charge is 0.467 e. The molecule has 0 spiro atoms. The fourth-order valence-electron chi connectivity index (χ4n) is 2.92. The second-order valence-electron chi connectivity index (χ2n) is 6.19. The van der Waals surface area contributed by atoms with Crippen molar-refractivity contribution in [2.45, 2.75) is 13.5 Å². The summed E-state index contributed by atoms with van der Waals surface area (Å²) in [5.74, 6) is 2.36. The Morgan fingerprint density at radius 2 is 2.04 bits per heavy atom. The van der Waals surface area contributed by atoms with E-state index in [1.807, 2.05) is 37.4 Å². The van der Waals surface area contributed by atoms with Crippen LogP contribution in [0.4, 0.5) is 5.82 Å². The molecule has 8 nitrogen and oxygen atoms in total. The van der Waals surface area contributed by atoms with Crippen LogP contribution in [0.25, 0.3) is 0 Å². The van der Waals surface area contributed by atoms with Crippen molar-refractivity contribution in [3.63, 3.8) is 0 Å². The minimum atomic E-state index is -0.131. The zero-order chi connectivity index (χ0) is 18.9. The standard InChI is InChI=1S/C19H26N6O2/c1-2-20-19(23-15-18(26)22-14-16-6-5-13-27-16)25-11-9-24(10-12-25)17-7-3-4-8-21-17/h3-8,13H,2,9-12,14-15H2,1H3,(H,20,23)(H,22,26). The number of carbonyl (C=O) groups excluding carboxylic acids is 1. The van der Waals surface area contributed by atoms with Crippen molar-refractivity contribution in [3.8, 4) is 0 Å². The summed E-state index contributed by atoms with van der Waals surface area (Å²) in [5, 5.41) is 6.09. The van der Waals surface area contributed by atoms with Crippen molar-refractivity contribution >= 4 is 17.7 Å². The van der Waals surface area contributed by atoms with Gasteiger partial charge in [-0.1, -0.05) is 6.07 Å². The Labute approximate surface area is 159 Å². The maximum Gasteiger partial charge on any atom is 0.242 e. The van der Waals surface area contributed by atoms with E-state index in [4.69, 9.17) is 4.42 Å². The first-order chi connectivity index (χ1) is 13.3. The molecule has 1 fully saturated rings. The van der Waals surface area contributed by atoms with Crippen LogP contribution in [0.15, 0.2) is 52.2 Å². The first kappa shape index (κ1) is 18.8. The van der Waals surface area contributed by atoms with Gasteiger partial charge in [0.25, 0.3) is 0 Å². The summed E-state index contributed by atoms with van der Waals surface area (Å²) in [6.45, 7) is 6.64. The number of furan rings is 1. The average molecular weight is 370 g/mol. The molecule has 27 heavy (non-hydrogen) atoms. The number of nitrogens with zero attached hydrogens (tertiary/aromatic N) is 4. The molecule has 2 aromatic rings. The number of aromatic nitrogens is 1. The number of rotatable bonds is 6. The number of piperazine rings is 1. The fourth-order valence-corrected chi connectivity index (χ4v) is 2.92. The minimum Gasteiger partial charge on any atom is -0.467 e. The highest BCUT2D eigenvalue weighted by atomic mass is 16.3. The van der Waals surface area contributed by atoms with Gasteiger partial charge in [0.2, 0.25) is 5.91 Å². The van der Waals surface area contributed by atoms with Crippen molar-refractivity contribution in [3.05, 3.63) is 48.6 Å². The molecule has 2 aromatic heterocycles. The minimum absolute atomic E-state index is 0.0868. The van der Waals surface area contributed by atoms with Crippen molar-refractivity contribution in [2.75, 3.05) is 44.2 Å². The van der Waals surface area contributed by atoms with E-state index in [1.165, 1.54) is 0 Å². The summed E-state index contributed by atoms with van der Waals surface area (Å²) in [4.78, 5) is 25.4. The predicted molar refractivity (Wildman–Crippen MR) is 105 cm³/mol. The first-order valence-corrected chi connectivity index (χ1v) is 9.24. The Hall–Kier alpha value is -3.03. The number of pyridine rings is 1. The maximum atomic E-state index is 12.0. The lowest BCUT2D eigenvalue weighted by atomic mass is 10.3. The third kappa shape index (κ3) is 5.47. The molecule has 0 radical (unpaired) electrons. The fraction of sp³-hybridized carbons (Fsp3) is 0.421. The molecular weight excluding hydrogens is 344 g/mol. The predicted octanol–water partition coefficient (Wildman–Crippen LogP) is 1.08. The van der Waals surface area contributed by atoms with E-state index in [1.54, 1.807) is 12.3 Å². The molecule has 1 aliphatic heterocycles. The van der Waals surface area contributed by atoms with E-state index in [0.717, 1.165) is 50.3 Å². The highest BCUT2D eigenvalue weighted by Gasteiger charge is 2.20. The molecular formula is C19H26N6O2. The summed E-state index contributed by atoms with van der Waals surface area (Å²) >= 11 is 0. The zero-order valence-corrected chi connectivity index (χ0v) is 15.6. The maximum absolute atomic E-state index is 12.0. The van der Waals surface area contributed by atoms with Crippen molar-refractivity contribution in [1.29, 1.82) is 0 Å². The number of hydrogen-bond acceptors (Lipinski definition) is 5. The molecule has 0 aliphatic carbocycles. The van der Waals surface area contributed by atoms with Gasteiger partial charge >= 0.3 is 0 Å². The van der Waals surface area contributed by atoms with Crippen molar-refractivity contribution in [2.24, 2.45) is 4.99 Å². The number of carbonyl (C=O) groups is 1. The number of guanidine groups is 1. The quantitative estimate of drug-likeness (QED) is 0.585. The van der Waals surface area contributed by atoms with Crippen LogP contribution in [-0.2, 0) is 11.3 Å². The van der Waals surface area contributed by atoms with Crippen LogP contribution in [0.5, 0.6) is 0 Å². The number of aliphatic imine (C=N–C) groups is 1. The third-order valence-electron chi connectivity index (χ3n) is 4.30. The molecule has 1 amide bonds. The lowest BCUT2D eigenvalue weighted by Crippen LogP contribution is -2.53. The molecule has 3 heterocycles. The number of amides is 1. The van der Waals surface area contributed by atoms with Crippen LogP contribution in [0.1, 0.15) is 12.7 Å². The van der Waals surface area contributed by atoms with Gasteiger partial charge in [-0.2, -0.15) is 0 Å². The van der Waals surface area contributed by atoms with E-state index in [-0.39, 0.29) is 12.5 Å². The van der Waals surface area contributed by atoms with Crippen LogP contribution in [0, 0.1) is 0 Å². The average Bonchev–Trinajstić information content (AvgIpc) is 3.24. The Kier molecular flexibility index (Phi) is 6.67. The van der Waals surface area contributed by atoms with Crippen LogP contribution in [0.2, 0.25) is 0 Å². The van der Waals surface area contributed by atoms with Crippen LogP contribution < -0.4 is 15.5 Å². The molecule has 0 bridgehead atoms. The summed E-state index contributed by atoms with van der Waals surface area (Å²) in [6, 6.07) is 9.58. The van der Waals surface area contributed by atoms with Gasteiger partial charge in [0.05, 0.1) is 12.8 Å². The van der Waals surface area contributed by atoms with Gasteiger partial charge in [0.1, 0.15) is 18.1 Å². The van der Waals surface area contributed by atoms with Gasteiger partial charge in [-0.25, -0.2) is 9.98 Å². The van der Waals surface area contributed by atoms with Gasteiger partial charge in [-0.05, 0) is 31.2 Å². The van der Waals surface area contributed by atoms with Gasteiger partial charge in [-0.15, -0.1) is 0 Å². The monoisotopic (exact) mass is 370 g/mol. The van der Waals surface area contributed by atoms with E-state index in [0.29, 0.717) is 6.54 Å². The summed E-state index contributed by atoms with van der Waals surface area (Å²) in [5.41, 5.74) is 0. The number of hydrogen-bond donors (Lipinski definition) is 2. The van der Waals surface area contributed by atoms with Gasteiger partial charge in [-0.3, -0.25) is 4.79 Å². The van der Waals surface area contributed by atoms with Crippen LogP contribution in [0.3, 0.4) is 0 Å². The molecule has 1 aliphatic rings. The normalized spacial score (nSPS) is 14.9. The van der Waals surface area contributed by atoms with Gasteiger partial charge in [0.15, 0.2) is 5.96 Å². The molecule has 144 valence electrons. The molecule has 0 atom stereocenters. The molecule has 2 N–H and O–H groups in total. The topological polar surface area (TPSA) is 86.0 Å². The molecule has 1 saturated heterocycles. The zero-order valence-electron chi connectivity index (χ0n) is 15.6. The molecule has 3 rings (SSSR count). The molecule has 8 heteroatoms. The highest BCUT2D eigenvalue weighted by Crippen LogP contribution is 2.12. The first-order valence-electron chi connectivity index (χ1n) is 9.24. The van der Waals surface area contributed by atoms with E-state index >= 15 is 0 Å². The SMILES string of the molecule is CCNC(=NCC(=O)NCc1ccco1)N1CCN(c2ccccn2)CC1. The Morgan fingerprint density at radius 3 is 2.70 bits per heavy atom. The van der Waals surface area contributed by atoms with E-state index in [2.05, 4.69) is 30.4 Å². The summed E-state index contributed by atoms with van der Waals surface area (Å²) in [6.07, 6.45) is 3.40. The van der Waals surface area contributed by atoms with Crippen LogP contribution in [-0.4, -0.2) is 61.0 Å². The Morgan fingerprint density at radius 1 is 1.19 bits per heavy atom. The van der Waals surface area contributed by atoms with Gasteiger partial charge < -0.3 is 24.9 Å². The van der Waals surface area contributed by atoms with Crippen molar-refractivity contribution < 1.29 is 9.21 Å². The highest BCUT2D eigenvalue weighted by molar-refractivity contribution is 5.85. The lowest BCUT2D eigenvalue weighted by molar-refractivity contribution is -0.119. The lowest BCUT2D eigenvalue weighted by Gasteiger charge is -2.37.